The molecule has 3 aliphatic rings. The van der Waals surface area contributed by atoms with Gasteiger partial charge in [0, 0.05) is 45.0 Å². The molecule has 26 heavy (non-hydrogen) atoms. The second kappa shape index (κ2) is 8.03. The molecular weight excluding hydrogens is 330 g/mol. The van der Waals surface area contributed by atoms with Crippen molar-refractivity contribution in [1.29, 1.82) is 0 Å². The standard InChI is InChI=1S/C20H29N3O3/c24-19-20(14-18(26-19)16-23-10-12-25-13-11-23)4-8-22(9-5-20)7-3-17-2-1-6-21-15-17/h1-2,6,15,18H,3-5,7-14,16H2. The molecule has 0 amide bonds. The molecule has 1 spiro atoms. The smallest absolute Gasteiger partial charge is 0.312 e. The zero-order valence-electron chi connectivity index (χ0n) is 15.4. The van der Waals surface area contributed by atoms with Crippen molar-refractivity contribution in [2.45, 2.75) is 31.8 Å². The summed E-state index contributed by atoms with van der Waals surface area (Å²) in [5, 5.41) is 0. The lowest BCUT2D eigenvalue weighted by atomic mass is 9.76. The van der Waals surface area contributed by atoms with Crippen LogP contribution in [0.25, 0.3) is 0 Å². The van der Waals surface area contributed by atoms with Gasteiger partial charge in [0.1, 0.15) is 6.10 Å². The maximum absolute atomic E-state index is 12.6. The van der Waals surface area contributed by atoms with Crippen molar-refractivity contribution in [2.24, 2.45) is 5.41 Å². The topological polar surface area (TPSA) is 54.9 Å². The number of hydrogen-bond acceptors (Lipinski definition) is 6. The minimum absolute atomic E-state index is 0.0441. The molecule has 0 saturated carbocycles. The highest BCUT2D eigenvalue weighted by molar-refractivity contribution is 5.79. The van der Waals surface area contributed by atoms with Gasteiger partial charge in [-0.25, -0.2) is 0 Å². The molecule has 1 unspecified atom stereocenters. The third kappa shape index (κ3) is 4.08. The summed E-state index contributed by atoms with van der Waals surface area (Å²) in [6, 6.07) is 4.12. The number of carbonyl (C=O) groups is 1. The molecule has 6 heteroatoms. The number of morpholine rings is 1. The maximum Gasteiger partial charge on any atom is 0.312 e. The molecule has 0 bridgehead atoms. The number of ether oxygens (including phenoxy) is 2. The summed E-state index contributed by atoms with van der Waals surface area (Å²) in [6.45, 7) is 7.34. The highest BCUT2D eigenvalue weighted by Crippen LogP contribution is 2.43. The van der Waals surface area contributed by atoms with Gasteiger partial charge in [0.2, 0.25) is 0 Å². The summed E-state index contributed by atoms with van der Waals surface area (Å²) in [7, 11) is 0. The van der Waals surface area contributed by atoms with E-state index in [0.717, 1.165) is 78.2 Å². The van der Waals surface area contributed by atoms with E-state index in [2.05, 4.69) is 20.9 Å². The van der Waals surface area contributed by atoms with Crippen LogP contribution in [0.4, 0.5) is 0 Å². The molecule has 0 aromatic carbocycles. The van der Waals surface area contributed by atoms with E-state index < -0.39 is 0 Å². The highest BCUT2D eigenvalue weighted by Gasteiger charge is 2.50. The molecule has 4 heterocycles. The first kappa shape index (κ1) is 17.9. The predicted octanol–water partition coefficient (Wildman–Crippen LogP) is 1.35. The third-order valence-electron chi connectivity index (χ3n) is 6.14. The van der Waals surface area contributed by atoms with Gasteiger partial charge < -0.3 is 14.4 Å². The first-order valence-corrected chi connectivity index (χ1v) is 9.86. The van der Waals surface area contributed by atoms with Gasteiger partial charge in [-0.1, -0.05) is 6.07 Å². The molecule has 4 rings (SSSR count). The van der Waals surface area contributed by atoms with Crippen molar-refractivity contribution in [2.75, 3.05) is 52.5 Å². The zero-order valence-corrected chi connectivity index (χ0v) is 15.4. The van der Waals surface area contributed by atoms with Crippen LogP contribution < -0.4 is 0 Å². The van der Waals surface area contributed by atoms with Crippen LogP contribution >= 0.6 is 0 Å². The van der Waals surface area contributed by atoms with E-state index in [1.807, 2.05) is 18.5 Å². The van der Waals surface area contributed by atoms with Gasteiger partial charge in [0.15, 0.2) is 0 Å². The van der Waals surface area contributed by atoms with Crippen LogP contribution in [-0.2, 0) is 20.7 Å². The summed E-state index contributed by atoms with van der Waals surface area (Å²) in [5.41, 5.74) is 1.04. The van der Waals surface area contributed by atoms with Gasteiger partial charge in [0.05, 0.1) is 18.6 Å². The van der Waals surface area contributed by atoms with Crippen molar-refractivity contribution >= 4 is 5.97 Å². The number of carbonyl (C=O) groups excluding carboxylic acids is 1. The Morgan fingerprint density at radius 2 is 1.96 bits per heavy atom. The number of pyridine rings is 1. The van der Waals surface area contributed by atoms with Gasteiger partial charge in [-0.05, 0) is 44.0 Å². The Morgan fingerprint density at radius 3 is 2.69 bits per heavy atom. The second-order valence-corrected chi connectivity index (χ2v) is 7.88. The summed E-state index contributed by atoms with van der Waals surface area (Å²) >= 11 is 0. The molecule has 1 aromatic rings. The van der Waals surface area contributed by atoms with E-state index in [4.69, 9.17) is 9.47 Å². The quantitative estimate of drug-likeness (QED) is 0.740. The minimum atomic E-state index is -0.234. The molecule has 3 fully saturated rings. The minimum Gasteiger partial charge on any atom is -0.461 e. The van der Waals surface area contributed by atoms with E-state index >= 15 is 0 Å². The van der Waals surface area contributed by atoms with Gasteiger partial charge in [-0.2, -0.15) is 0 Å². The Hall–Kier alpha value is -1.50. The molecule has 3 saturated heterocycles. The predicted molar refractivity (Wildman–Crippen MR) is 97.8 cm³/mol. The number of nitrogens with zero attached hydrogens (tertiary/aromatic N) is 3. The van der Waals surface area contributed by atoms with E-state index in [0.29, 0.717) is 0 Å². The highest BCUT2D eigenvalue weighted by atomic mass is 16.6. The summed E-state index contributed by atoms with van der Waals surface area (Å²) in [6.07, 6.45) is 7.58. The van der Waals surface area contributed by atoms with Crippen molar-refractivity contribution in [1.82, 2.24) is 14.8 Å². The fourth-order valence-corrected chi connectivity index (χ4v) is 4.46. The van der Waals surface area contributed by atoms with E-state index in [9.17, 15) is 4.79 Å². The summed E-state index contributed by atoms with van der Waals surface area (Å²) < 4.78 is 11.2. The average Bonchev–Trinajstić information content (AvgIpc) is 2.97. The Balaban J connectivity index is 1.25. The maximum atomic E-state index is 12.6. The number of cyclic esters (lactones) is 1. The number of rotatable bonds is 5. The molecule has 1 aromatic heterocycles. The van der Waals surface area contributed by atoms with Crippen LogP contribution in [0.1, 0.15) is 24.8 Å². The van der Waals surface area contributed by atoms with E-state index in [1.165, 1.54) is 5.56 Å². The number of aromatic nitrogens is 1. The van der Waals surface area contributed by atoms with E-state index in [1.54, 1.807) is 0 Å². The molecule has 6 nitrogen and oxygen atoms in total. The Kier molecular flexibility index (Phi) is 5.52. The lowest BCUT2D eigenvalue weighted by Gasteiger charge is -2.36. The lowest BCUT2D eigenvalue weighted by Crippen LogP contribution is -2.43. The molecule has 142 valence electrons. The Morgan fingerprint density at radius 1 is 1.15 bits per heavy atom. The van der Waals surface area contributed by atoms with Crippen LogP contribution in [0.2, 0.25) is 0 Å². The van der Waals surface area contributed by atoms with Crippen molar-refractivity contribution in [3.8, 4) is 0 Å². The van der Waals surface area contributed by atoms with Crippen LogP contribution in [0, 0.1) is 5.41 Å². The second-order valence-electron chi connectivity index (χ2n) is 7.88. The Bertz CT molecular complexity index is 596. The summed E-state index contributed by atoms with van der Waals surface area (Å²) in [5.74, 6) is 0.0441. The van der Waals surface area contributed by atoms with Gasteiger partial charge >= 0.3 is 5.97 Å². The molecule has 3 aliphatic heterocycles. The van der Waals surface area contributed by atoms with Crippen molar-refractivity contribution in [3.05, 3.63) is 30.1 Å². The zero-order chi connectivity index (χ0) is 17.8. The monoisotopic (exact) mass is 359 g/mol. The van der Waals surface area contributed by atoms with Gasteiger partial charge in [-0.3, -0.25) is 14.7 Å². The molecule has 1 atom stereocenters. The third-order valence-corrected chi connectivity index (χ3v) is 6.14. The summed E-state index contributed by atoms with van der Waals surface area (Å²) in [4.78, 5) is 21.6. The van der Waals surface area contributed by atoms with Crippen LogP contribution in [0.15, 0.2) is 24.5 Å². The largest absolute Gasteiger partial charge is 0.461 e. The fraction of sp³-hybridized carbons (Fsp3) is 0.700. The molecular formula is C20H29N3O3. The number of esters is 1. The fourth-order valence-electron chi connectivity index (χ4n) is 4.46. The number of hydrogen-bond donors (Lipinski definition) is 0. The van der Waals surface area contributed by atoms with Crippen LogP contribution in [0.5, 0.6) is 0 Å². The van der Waals surface area contributed by atoms with Gasteiger partial charge in [-0.15, -0.1) is 0 Å². The normalized spacial score (nSPS) is 26.9. The molecule has 0 aliphatic carbocycles. The van der Waals surface area contributed by atoms with Crippen LogP contribution in [-0.4, -0.2) is 79.3 Å². The van der Waals surface area contributed by atoms with E-state index in [-0.39, 0.29) is 17.5 Å². The first-order chi connectivity index (χ1) is 12.7. The van der Waals surface area contributed by atoms with Gasteiger partial charge in [0.25, 0.3) is 0 Å². The average molecular weight is 359 g/mol. The van der Waals surface area contributed by atoms with Crippen LogP contribution in [0.3, 0.4) is 0 Å². The van der Waals surface area contributed by atoms with Crippen molar-refractivity contribution in [3.63, 3.8) is 0 Å². The molecule has 0 N–H and O–H groups in total. The lowest BCUT2D eigenvalue weighted by molar-refractivity contribution is -0.151. The first-order valence-electron chi connectivity index (χ1n) is 9.86. The number of piperidine rings is 1. The van der Waals surface area contributed by atoms with Crippen molar-refractivity contribution < 1.29 is 14.3 Å². The SMILES string of the molecule is O=C1OC(CN2CCOCC2)CC12CCN(CCc1cccnc1)CC2. The Labute approximate surface area is 155 Å². The molecule has 0 radical (unpaired) electrons. The number of likely N-dealkylation sites (tertiary alicyclic amines) is 1.